The summed E-state index contributed by atoms with van der Waals surface area (Å²) in [6, 6.07) is 0. The molecule has 4 heteroatoms. The zero-order valence-electron chi connectivity index (χ0n) is 13.6. The summed E-state index contributed by atoms with van der Waals surface area (Å²) in [5, 5.41) is 3.41. The molecule has 20 heavy (non-hydrogen) atoms. The molecule has 1 N–H and O–H groups in total. The first-order valence-corrected chi connectivity index (χ1v) is 7.74. The van der Waals surface area contributed by atoms with E-state index in [4.69, 9.17) is 4.74 Å². The maximum absolute atomic E-state index is 5.35. The Labute approximate surface area is 122 Å². The van der Waals surface area contributed by atoms with Crippen LogP contribution in [0, 0.1) is 16.7 Å². The summed E-state index contributed by atoms with van der Waals surface area (Å²) >= 11 is 0. The van der Waals surface area contributed by atoms with Crippen LogP contribution in [0.3, 0.4) is 0 Å². The fraction of sp³-hybridized carbons (Fsp3) is 0.812. The molecule has 1 saturated carbocycles. The van der Waals surface area contributed by atoms with Crippen LogP contribution in [0.15, 0.2) is 12.4 Å². The van der Waals surface area contributed by atoms with Crippen molar-refractivity contribution < 1.29 is 4.74 Å². The highest BCUT2D eigenvalue weighted by atomic mass is 16.5. The second-order valence-electron chi connectivity index (χ2n) is 6.88. The first-order valence-electron chi connectivity index (χ1n) is 7.74. The van der Waals surface area contributed by atoms with E-state index >= 15 is 0 Å². The Morgan fingerprint density at radius 3 is 2.60 bits per heavy atom. The van der Waals surface area contributed by atoms with Crippen LogP contribution in [0.4, 0.5) is 5.95 Å². The molecule has 2 rings (SSSR count). The number of anilines is 1. The van der Waals surface area contributed by atoms with E-state index in [-0.39, 0.29) is 0 Å². The summed E-state index contributed by atoms with van der Waals surface area (Å²) in [5.41, 5.74) is 0.840. The maximum atomic E-state index is 5.35. The molecule has 1 aliphatic rings. The minimum atomic E-state index is 0.420. The Hall–Kier alpha value is -1.03. The topological polar surface area (TPSA) is 39.1 Å². The van der Waals surface area contributed by atoms with Gasteiger partial charge in [-0.05, 0) is 30.1 Å². The second kappa shape index (κ2) is 5.76. The zero-order chi connectivity index (χ0) is 14.8. The quantitative estimate of drug-likeness (QED) is 0.741. The number of nitrogens with zero attached hydrogens (tertiary/aromatic N) is 2. The molecule has 0 radical (unpaired) electrons. The largest absolute Gasteiger partial charge is 0.382 e. The first-order chi connectivity index (χ1) is 9.41. The molecule has 0 spiro atoms. The monoisotopic (exact) mass is 279 g/mol. The number of aromatic nitrogens is 2. The maximum Gasteiger partial charge on any atom is 0.202 e. The lowest BCUT2D eigenvalue weighted by atomic mass is 10.0. The number of ether oxygens (including phenoxy) is 1. The first kappa shape index (κ1) is 15.4. The van der Waals surface area contributed by atoms with Gasteiger partial charge in [-0.1, -0.05) is 27.7 Å². The second-order valence-corrected chi connectivity index (χ2v) is 6.88. The van der Waals surface area contributed by atoms with Crippen LogP contribution in [-0.2, 0) is 11.3 Å². The van der Waals surface area contributed by atoms with E-state index in [1.54, 1.807) is 0 Å². The Morgan fingerprint density at radius 1 is 1.30 bits per heavy atom. The lowest BCUT2D eigenvalue weighted by Crippen LogP contribution is -2.12. The van der Waals surface area contributed by atoms with E-state index in [0.29, 0.717) is 16.7 Å². The van der Waals surface area contributed by atoms with E-state index in [1.807, 2.05) is 13.1 Å². The van der Waals surface area contributed by atoms with Crippen LogP contribution in [0.5, 0.6) is 0 Å². The minimum absolute atomic E-state index is 0.420. The molecule has 0 atom stereocenters. The molecule has 1 fully saturated rings. The van der Waals surface area contributed by atoms with Crippen LogP contribution in [0.1, 0.15) is 41.0 Å². The van der Waals surface area contributed by atoms with E-state index in [2.05, 4.69) is 48.8 Å². The lowest BCUT2D eigenvalue weighted by Gasteiger charge is -2.11. The molecule has 1 aromatic heterocycles. The molecular formula is C16H29N3O. The Morgan fingerprint density at radius 2 is 2.00 bits per heavy atom. The summed E-state index contributed by atoms with van der Waals surface area (Å²) in [4.78, 5) is 4.42. The van der Waals surface area contributed by atoms with Crippen LogP contribution in [0.2, 0.25) is 0 Å². The Bertz CT molecular complexity index is 423. The van der Waals surface area contributed by atoms with Crippen molar-refractivity contribution in [2.45, 2.75) is 47.6 Å². The molecule has 1 aromatic rings. The fourth-order valence-corrected chi connectivity index (χ4v) is 3.13. The van der Waals surface area contributed by atoms with Crippen molar-refractivity contribution in [2.75, 3.05) is 25.1 Å². The fourth-order valence-electron chi connectivity index (χ4n) is 3.13. The molecule has 0 aliphatic heterocycles. The van der Waals surface area contributed by atoms with Gasteiger partial charge in [0.25, 0.3) is 0 Å². The number of imidazole rings is 1. The third-order valence-electron chi connectivity index (χ3n) is 5.37. The van der Waals surface area contributed by atoms with Crippen molar-refractivity contribution in [3.63, 3.8) is 0 Å². The Kier molecular flexibility index (Phi) is 4.43. The van der Waals surface area contributed by atoms with Crippen molar-refractivity contribution in [3.8, 4) is 0 Å². The van der Waals surface area contributed by atoms with Gasteiger partial charge in [0.2, 0.25) is 5.95 Å². The molecule has 0 aromatic carbocycles. The highest BCUT2D eigenvalue weighted by molar-refractivity contribution is 5.26. The van der Waals surface area contributed by atoms with Crippen molar-refractivity contribution in [1.29, 1.82) is 0 Å². The van der Waals surface area contributed by atoms with Crippen molar-refractivity contribution in [2.24, 2.45) is 16.7 Å². The molecule has 114 valence electrons. The van der Waals surface area contributed by atoms with Gasteiger partial charge in [0, 0.05) is 38.7 Å². The van der Waals surface area contributed by atoms with Crippen LogP contribution in [0.25, 0.3) is 0 Å². The summed E-state index contributed by atoms with van der Waals surface area (Å²) in [7, 11) is 0. The summed E-state index contributed by atoms with van der Waals surface area (Å²) in [6.45, 7) is 15.1. The summed E-state index contributed by atoms with van der Waals surface area (Å²) in [6.07, 6.45) is 4.98. The van der Waals surface area contributed by atoms with Crippen molar-refractivity contribution >= 4 is 5.95 Å². The Balaban J connectivity index is 1.84. The third-order valence-corrected chi connectivity index (χ3v) is 5.37. The van der Waals surface area contributed by atoms with E-state index in [1.165, 1.54) is 0 Å². The molecule has 1 heterocycles. The molecule has 0 bridgehead atoms. The normalized spacial score (nSPS) is 20.1. The van der Waals surface area contributed by atoms with Gasteiger partial charge in [0.1, 0.15) is 0 Å². The van der Waals surface area contributed by atoms with Gasteiger partial charge in [-0.25, -0.2) is 4.98 Å². The molecule has 0 saturated heterocycles. The van der Waals surface area contributed by atoms with Gasteiger partial charge in [0.05, 0.1) is 0 Å². The number of hydrogen-bond acceptors (Lipinski definition) is 3. The van der Waals surface area contributed by atoms with Gasteiger partial charge in [-0.2, -0.15) is 0 Å². The lowest BCUT2D eigenvalue weighted by molar-refractivity contribution is 0.147. The predicted molar refractivity (Wildman–Crippen MR) is 82.9 cm³/mol. The summed E-state index contributed by atoms with van der Waals surface area (Å²) in [5.74, 6) is 1.70. The van der Waals surface area contributed by atoms with Gasteiger partial charge in [0.15, 0.2) is 0 Å². The SMILES string of the molecule is CCOCCCNc1nccn1CC1C(C)(C)C1(C)C. The highest BCUT2D eigenvalue weighted by Crippen LogP contribution is 2.68. The number of nitrogens with one attached hydrogen (secondary N) is 1. The van der Waals surface area contributed by atoms with E-state index in [0.717, 1.165) is 38.7 Å². The minimum Gasteiger partial charge on any atom is -0.382 e. The molecule has 0 amide bonds. The zero-order valence-corrected chi connectivity index (χ0v) is 13.6. The summed E-state index contributed by atoms with van der Waals surface area (Å²) < 4.78 is 7.60. The van der Waals surface area contributed by atoms with Gasteiger partial charge >= 0.3 is 0 Å². The van der Waals surface area contributed by atoms with E-state index in [9.17, 15) is 0 Å². The third kappa shape index (κ3) is 2.85. The van der Waals surface area contributed by atoms with Gasteiger partial charge in [-0.15, -0.1) is 0 Å². The smallest absolute Gasteiger partial charge is 0.202 e. The standard InChI is InChI=1S/C16H29N3O/c1-6-20-11-7-8-17-14-18-9-10-19(14)12-13-15(2,3)16(13,4)5/h9-10,13H,6-8,11-12H2,1-5H3,(H,17,18). The average Bonchev–Trinajstić information content (AvgIpc) is 2.73. The van der Waals surface area contributed by atoms with Gasteiger partial charge in [-0.3, -0.25) is 0 Å². The molecule has 1 aliphatic carbocycles. The predicted octanol–water partition coefficient (Wildman–Crippen LogP) is 3.40. The van der Waals surface area contributed by atoms with Crippen LogP contribution < -0.4 is 5.32 Å². The molecular weight excluding hydrogens is 250 g/mol. The van der Waals surface area contributed by atoms with Crippen molar-refractivity contribution in [3.05, 3.63) is 12.4 Å². The average molecular weight is 279 g/mol. The van der Waals surface area contributed by atoms with Crippen molar-refractivity contribution in [1.82, 2.24) is 9.55 Å². The van der Waals surface area contributed by atoms with E-state index < -0.39 is 0 Å². The number of rotatable bonds is 8. The number of hydrogen-bond donors (Lipinski definition) is 1. The highest BCUT2D eigenvalue weighted by Gasteiger charge is 2.64. The molecule has 4 nitrogen and oxygen atoms in total. The molecule has 0 unspecified atom stereocenters. The van der Waals surface area contributed by atoms with Crippen LogP contribution in [-0.4, -0.2) is 29.3 Å². The van der Waals surface area contributed by atoms with Gasteiger partial charge < -0.3 is 14.6 Å². The van der Waals surface area contributed by atoms with Crippen LogP contribution >= 0.6 is 0 Å².